The molecule has 0 bridgehead atoms. The van der Waals surface area contributed by atoms with Crippen LogP contribution in [0.1, 0.15) is 16.7 Å². The van der Waals surface area contributed by atoms with Crippen LogP contribution in [0.5, 0.6) is 5.75 Å². The molecule has 0 aliphatic carbocycles. The van der Waals surface area contributed by atoms with Crippen LogP contribution in [-0.2, 0) is 20.9 Å². The van der Waals surface area contributed by atoms with Crippen LogP contribution in [0.15, 0.2) is 42.5 Å². The van der Waals surface area contributed by atoms with Gasteiger partial charge < -0.3 is 14.8 Å². The van der Waals surface area contributed by atoms with E-state index in [1.165, 1.54) is 0 Å². The molecular weight excluding hydrogens is 373 g/mol. The summed E-state index contributed by atoms with van der Waals surface area (Å²) in [6, 6.07) is 13.4. The second-order valence-corrected chi connectivity index (χ2v) is 12.1. The number of carbonyl (C=O) groups excluding carboxylic acids is 2. The third-order valence-electron chi connectivity index (χ3n) is 4.38. The number of carbonyl (C=O) groups is 2. The zero-order valence-corrected chi connectivity index (χ0v) is 18.1. The van der Waals surface area contributed by atoms with E-state index >= 15 is 0 Å². The number of hydrogen-bond donors (Lipinski definition) is 1. The van der Waals surface area contributed by atoms with Gasteiger partial charge in [-0.3, -0.25) is 4.79 Å². The fourth-order valence-electron chi connectivity index (χ4n) is 3.00. The van der Waals surface area contributed by atoms with Crippen molar-refractivity contribution in [1.29, 1.82) is 0 Å². The molecule has 2 aromatic carbocycles. The van der Waals surface area contributed by atoms with Crippen molar-refractivity contribution >= 4 is 24.8 Å². The van der Waals surface area contributed by atoms with Gasteiger partial charge in [0.15, 0.2) is 6.16 Å². The van der Waals surface area contributed by atoms with E-state index in [4.69, 9.17) is 9.47 Å². The minimum atomic E-state index is -1.77. The highest BCUT2D eigenvalue weighted by Crippen LogP contribution is 2.50. The van der Waals surface area contributed by atoms with Crippen LogP contribution in [0.25, 0.3) is 0 Å². The van der Waals surface area contributed by atoms with Crippen molar-refractivity contribution in [2.75, 3.05) is 38.1 Å². The van der Waals surface area contributed by atoms with Gasteiger partial charge in [-0.25, -0.2) is 4.79 Å². The minimum absolute atomic E-state index is 0.0782. The fourth-order valence-corrected chi connectivity index (χ4v) is 4.75. The van der Waals surface area contributed by atoms with Gasteiger partial charge in [-0.2, -0.15) is 0 Å². The Morgan fingerprint density at radius 3 is 2.18 bits per heavy atom. The number of hydrogen-bond acceptors (Lipinski definition) is 4. The third kappa shape index (κ3) is 6.65. The van der Waals surface area contributed by atoms with Gasteiger partial charge in [-0.1, -0.05) is 30.3 Å². The quantitative estimate of drug-likeness (QED) is 0.529. The Morgan fingerprint density at radius 1 is 1.00 bits per heavy atom. The first-order chi connectivity index (χ1) is 13.2. The summed E-state index contributed by atoms with van der Waals surface area (Å²) in [5, 5.41) is 3.00. The van der Waals surface area contributed by atoms with Gasteiger partial charge >= 0.3 is 5.97 Å². The van der Waals surface area contributed by atoms with Gasteiger partial charge in [0.25, 0.3) is 5.91 Å². The summed E-state index contributed by atoms with van der Waals surface area (Å²) < 4.78 is 10.6. The number of anilines is 1. The summed E-state index contributed by atoms with van der Waals surface area (Å²) in [6.07, 6.45) is 0.617. The number of aryl methyl sites for hydroxylation is 2. The lowest BCUT2D eigenvalue weighted by Crippen LogP contribution is -2.23. The van der Waals surface area contributed by atoms with E-state index < -0.39 is 7.26 Å². The zero-order valence-electron chi connectivity index (χ0n) is 17.2. The second-order valence-electron chi connectivity index (χ2n) is 7.58. The van der Waals surface area contributed by atoms with Crippen LogP contribution >= 0.6 is 7.26 Å². The van der Waals surface area contributed by atoms with E-state index in [2.05, 4.69) is 5.32 Å². The first-order valence-corrected chi connectivity index (χ1v) is 12.2. The number of esters is 1. The van der Waals surface area contributed by atoms with E-state index in [1.807, 2.05) is 69.6 Å². The fraction of sp³-hybridized carbons (Fsp3) is 0.364. The Kier molecular flexibility index (Phi) is 7.59. The molecule has 150 valence electrons. The van der Waals surface area contributed by atoms with Gasteiger partial charge in [0, 0.05) is 26.3 Å². The lowest BCUT2D eigenvalue weighted by atomic mass is 10.1. The minimum Gasteiger partial charge on any atom is -0.497 e. The first kappa shape index (κ1) is 21.9. The number of benzene rings is 2. The van der Waals surface area contributed by atoms with Crippen molar-refractivity contribution in [2.24, 2.45) is 0 Å². The topological polar surface area (TPSA) is 64.6 Å². The molecule has 0 saturated carbocycles. The molecule has 2 aromatic rings. The summed E-state index contributed by atoms with van der Waals surface area (Å²) in [7, 11) is -0.148. The Hall–Kier alpha value is -2.39. The molecule has 0 saturated heterocycles. The van der Waals surface area contributed by atoms with E-state index in [-0.39, 0.29) is 24.6 Å². The Bertz CT molecular complexity index is 811. The van der Waals surface area contributed by atoms with Crippen molar-refractivity contribution < 1.29 is 19.1 Å². The maximum Gasteiger partial charge on any atom is 0.344 e. The third-order valence-corrected chi connectivity index (χ3v) is 6.64. The molecule has 28 heavy (non-hydrogen) atoms. The standard InChI is InChI=1S/C22H28NO4P/c1-16-11-19(26-3)12-17(2)22(16)23-20(24)14-28(4,5)15-21(25)27-13-18-9-7-6-8-10-18/h6-12H,13-15H2,1-5H3/p+1. The van der Waals surface area contributed by atoms with E-state index in [1.54, 1.807) is 7.11 Å². The predicted octanol–water partition coefficient (Wildman–Crippen LogP) is 4.27. The number of methoxy groups -OCH3 is 1. The Balaban J connectivity index is 1.90. The highest BCUT2D eigenvalue weighted by atomic mass is 31.2. The molecule has 0 heterocycles. The number of amides is 1. The largest absolute Gasteiger partial charge is 0.497 e. The second kappa shape index (κ2) is 9.70. The van der Waals surface area contributed by atoms with E-state index in [0.717, 1.165) is 28.1 Å². The predicted molar refractivity (Wildman–Crippen MR) is 116 cm³/mol. The molecule has 0 radical (unpaired) electrons. The molecule has 0 atom stereocenters. The van der Waals surface area contributed by atoms with Crippen molar-refractivity contribution in [3.8, 4) is 5.75 Å². The smallest absolute Gasteiger partial charge is 0.344 e. The van der Waals surface area contributed by atoms with Gasteiger partial charge in [-0.05, 0) is 42.7 Å². The van der Waals surface area contributed by atoms with Crippen LogP contribution in [0.4, 0.5) is 5.69 Å². The zero-order chi connectivity index (χ0) is 20.7. The number of nitrogens with one attached hydrogen (secondary N) is 1. The van der Waals surface area contributed by atoms with E-state index in [0.29, 0.717) is 6.16 Å². The van der Waals surface area contributed by atoms with Crippen LogP contribution in [0, 0.1) is 13.8 Å². The van der Waals surface area contributed by atoms with Gasteiger partial charge in [-0.15, -0.1) is 0 Å². The number of ether oxygens (including phenoxy) is 2. The summed E-state index contributed by atoms with van der Waals surface area (Å²) >= 11 is 0. The van der Waals surface area contributed by atoms with Crippen molar-refractivity contribution in [3.63, 3.8) is 0 Å². The molecular formula is C22H29NO4P+. The normalized spacial score (nSPS) is 11.0. The molecule has 0 aromatic heterocycles. The molecule has 5 nitrogen and oxygen atoms in total. The van der Waals surface area contributed by atoms with Gasteiger partial charge in [0.1, 0.15) is 18.5 Å². The highest BCUT2D eigenvalue weighted by molar-refractivity contribution is 7.76. The molecule has 6 heteroatoms. The lowest BCUT2D eigenvalue weighted by molar-refractivity contribution is -0.141. The van der Waals surface area contributed by atoms with E-state index in [9.17, 15) is 9.59 Å². The lowest BCUT2D eigenvalue weighted by Gasteiger charge is -2.18. The van der Waals surface area contributed by atoms with Gasteiger partial charge in [0.05, 0.1) is 7.11 Å². The summed E-state index contributed by atoms with van der Waals surface area (Å²) in [4.78, 5) is 24.8. The molecule has 1 N–H and O–H groups in total. The monoisotopic (exact) mass is 402 g/mol. The Labute approximate surface area is 167 Å². The molecule has 2 rings (SSSR count). The van der Waals surface area contributed by atoms with Crippen LogP contribution in [-0.4, -0.2) is 44.6 Å². The maximum atomic E-state index is 12.6. The average molecular weight is 402 g/mol. The maximum absolute atomic E-state index is 12.6. The first-order valence-electron chi connectivity index (χ1n) is 9.17. The summed E-state index contributed by atoms with van der Waals surface area (Å²) in [5.74, 6) is 0.430. The number of rotatable bonds is 8. The highest BCUT2D eigenvalue weighted by Gasteiger charge is 2.33. The van der Waals surface area contributed by atoms with Crippen LogP contribution in [0.3, 0.4) is 0 Å². The summed E-state index contributed by atoms with van der Waals surface area (Å²) in [6.45, 7) is 8.14. The molecule has 1 amide bonds. The molecule has 0 aliphatic rings. The van der Waals surface area contributed by atoms with Crippen molar-refractivity contribution in [3.05, 3.63) is 59.2 Å². The molecule has 0 spiro atoms. The average Bonchev–Trinajstić information content (AvgIpc) is 2.62. The molecule has 0 aliphatic heterocycles. The van der Waals surface area contributed by atoms with Crippen molar-refractivity contribution in [1.82, 2.24) is 0 Å². The van der Waals surface area contributed by atoms with Crippen LogP contribution < -0.4 is 10.1 Å². The SMILES string of the molecule is COc1cc(C)c(NC(=O)C[P+](C)(C)CC(=O)OCc2ccccc2)c(C)c1. The molecule has 0 unspecified atom stereocenters. The van der Waals surface area contributed by atoms with Crippen LogP contribution in [0.2, 0.25) is 0 Å². The molecule has 0 fully saturated rings. The Morgan fingerprint density at radius 2 is 1.61 bits per heavy atom. The summed E-state index contributed by atoms with van der Waals surface area (Å²) in [5.41, 5.74) is 3.65. The van der Waals surface area contributed by atoms with Crippen molar-refractivity contribution in [2.45, 2.75) is 20.5 Å². The van der Waals surface area contributed by atoms with Gasteiger partial charge in [0.2, 0.25) is 0 Å².